The summed E-state index contributed by atoms with van der Waals surface area (Å²) in [7, 11) is -1.78. The Hall–Kier alpha value is -3.03. The third-order valence-electron chi connectivity index (χ3n) is 4.82. The summed E-state index contributed by atoms with van der Waals surface area (Å²) in [5.74, 6) is 0.327. The molecule has 0 bridgehead atoms. The molecule has 0 atom stereocenters. The van der Waals surface area contributed by atoms with E-state index in [2.05, 4.69) is 0 Å². The summed E-state index contributed by atoms with van der Waals surface area (Å²) in [6, 6.07) is 23.3. The molecule has 3 aromatic rings. The normalized spacial score (nSPS) is 11.1. The minimum absolute atomic E-state index is 0.108. The van der Waals surface area contributed by atoms with Gasteiger partial charge in [-0.2, -0.15) is 0 Å². The molecule has 0 heterocycles. The number of carbonyl (C=O) groups excluding carboxylic acids is 1. The lowest BCUT2D eigenvalue weighted by Gasteiger charge is -2.23. The summed E-state index contributed by atoms with van der Waals surface area (Å²) >= 11 is 5.91. The molecule has 3 aromatic carbocycles. The van der Waals surface area contributed by atoms with Crippen LogP contribution in [0.3, 0.4) is 0 Å². The van der Waals surface area contributed by atoms with Gasteiger partial charge in [0, 0.05) is 18.6 Å². The molecule has 0 radical (unpaired) electrons. The average Bonchev–Trinajstić information content (AvgIpc) is 2.77. The van der Waals surface area contributed by atoms with Gasteiger partial charge in [0.25, 0.3) is 5.91 Å². The van der Waals surface area contributed by atoms with E-state index < -0.39 is 10.0 Å². The van der Waals surface area contributed by atoms with Gasteiger partial charge in [0.05, 0.1) is 18.5 Å². The molecule has 6 nitrogen and oxygen atoms in total. The Labute approximate surface area is 194 Å². The Kier molecular flexibility index (Phi) is 7.77. The van der Waals surface area contributed by atoms with Gasteiger partial charge >= 0.3 is 0 Å². The van der Waals surface area contributed by atoms with Crippen LogP contribution in [-0.2, 0) is 27.9 Å². The number of carbonyl (C=O) groups is 1. The number of ether oxygens (including phenoxy) is 1. The van der Waals surface area contributed by atoms with Crippen LogP contribution in [0.15, 0.2) is 78.9 Å². The zero-order valence-corrected chi connectivity index (χ0v) is 19.5. The Morgan fingerprint density at radius 2 is 1.47 bits per heavy atom. The van der Waals surface area contributed by atoms with Crippen LogP contribution in [0.2, 0.25) is 5.02 Å². The molecule has 0 fully saturated rings. The predicted octanol–water partition coefficient (Wildman–Crippen LogP) is 4.34. The molecule has 0 N–H and O–H groups in total. The van der Waals surface area contributed by atoms with Gasteiger partial charge in [-0.05, 0) is 47.5 Å². The number of hydrogen-bond acceptors (Lipinski definition) is 4. The quantitative estimate of drug-likeness (QED) is 0.464. The molecule has 3 rings (SSSR count). The lowest BCUT2D eigenvalue weighted by atomic mass is 10.2. The number of halogens is 1. The van der Waals surface area contributed by atoms with Crippen LogP contribution in [0.5, 0.6) is 5.75 Å². The maximum atomic E-state index is 12.4. The van der Waals surface area contributed by atoms with Gasteiger partial charge in [-0.15, -0.1) is 0 Å². The van der Waals surface area contributed by atoms with Crippen LogP contribution in [0.1, 0.15) is 11.1 Å². The maximum Gasteiger partial charge on any atom is 0.260 e. The molecule has 0 spiro atoms. The monoisotopic (exact) mass is 472 g/mol. The second-order valence-corrected chi connectivity index (χ2v) is 9.76. The molecular weight excluding hydrogens is 448 g/mol. The van der Waals surface area contributed by atoms with Crippen molar-refractivity contribution in [2.45, 2.75) is 13.1 Å². The van der Waals surface area contributed by atoms with Gasteiger partial charge in [0.15, 0.2) is 6.61 Å². The fourth-order valence-electron chi connectivity index (χ4n) is 3.07. The van der Waals surface area contributed by atoms with E-state index in [4.69, 9.17) is 16.3 Å². The van der Waals surface area contributed by atoms with Crippen molar-refractivity contribution >= 4 is 33.2 Å². The zero-order chi connectivity index (χ0) is 23.1. The van der Waals surface area contributed by atoms with Crippen LogP contribution in [0, 0.1) is 0 Å². The largest absolute Gasteiger partial charge is 0.484 e. The molecule has 0 aromatic heterocycles. The first-order valence-electron chi connectivity index (χ1n) is 9.95. The van der Waals surface area contributed by atoms with Crippen molar-refractivity contribution < 1.29 is 17.9 Å². The lowest BCUT2D eigenvalue weighted by Crippen LogP contribution is -2.31. The van der Waals surface area contributed by atoms with Gasteiger partial charge in [0.2, 0.25) is 10.0 Å². The molecule has 0 aliphatic carbocycles. The minimum atomic E-state index is -3.51. The number of likely N-dealkylation sites (N-methyl/N-ethyl adjacent to an activating group) is 1. The van der Waals surface area contributed by atoms with Crippen molar-refractivity contribution in [1.82, 2.24) is 4.90 Å². The van der Waals surface area contributed by atoms with Crippen LogP contribution in [0.4, 0.5) is 5.69 Å². The number of benzene rings is 3. The van der Waals surface area contributed by atoms with Crippen LogP contribution < -0.4 is 9.04 Å². The predicted molar refractivity (Wildman–Crippen MR) is 127 cm³/mol. The topological polar surface area (TPSA) is 66.9 Å². The van der Waals surface area contributed by atoms with Crippen LogP contribution in [-0.4, -0.2) is 39.1 Å². The van der Waals surface area contributed by atoms with E-state index in [1.54, 1.807) is 60.5 Å². The number of nitrogens with zero attached hydrogens (tertiary/aromatic N) is 2. The van der Waals surface area contributed by atoms with E-state index in [9.17, 15) is 13.2 Å². The van der Waals surface area contributed by atoms with Crippen molar-refractivity contribution in [2.24, 2.45) is 0 Å². The average molecular weight is 473 g/mol. The minimum Gasteiger partial charge on any atom is -0.484 e. The summed E-state index contributed by atoms with van der Waals surface area (Å²) in [6.45, 7) is 0.568. The van der Waals surface area contributed by atoms with Crippen molar-refractivity contribution in [3.8, 4) is 5.75 Å². The Balaban J connectivity index is 1.62. The standard InChI is InChI=1S/C24H25ClN2O4S/c1-26(16-19-6-4-3-5-7-19)24(28)18-31-23-14-12-22(13-15-23)27(32(2,29)30)17-20-8-10-21(25)11-9-20/h3-15H,16-18H2,1-2H3. The van der Waals surface area contributed by atoms with Gasteiger partial charge in [0.1, 0.15) is 5.75 Å². The molecular formula is C24H25ClN2O4S. The third-order valence-corrected chi connectivity index (χ3v) is 6.21. The zero-order valence-electron chi connectivity index (χ0n) is 17.9. The third kappa shape index (κ3) is 6.73. The Morgan fingerprint density at radius 1 is 0.875 bits per heavy atom. The van der Waals surface area contributed by atoms with E-state index in [-0.39, 0.29) is 19.1 Å². The summed E-state index contributed by atoms with van der Waals surface area (Å²) in [5, 5.41) is 0.588. The fraction of sp³-hybridized carbons (Fsp3) is 0.208. The highest BCUT2D eigenvalue weighted by atomic mass is 35.5. The van der Waals surface area contributed by atoms with E-state index in [0.29, 0.717) is 23.0 Å². The summed E-state index contributed by atoms with van der Waals surface area (Å²) in [6.07, 6.45) is 1.16. The van der Waals surface area contributed by atoms with Gasteiger partial charge in [-0.1, -0.05) is 54.1 Å². The van der Waals surface area contributed by atoms with E-state index in [0.717, 1.165) is 17.4 Å². The first-order chi connectivity index (χ1) is 15.2. The Bertz CT molecular complexity index is 1130. The first-order valence-corrected chi connectivity index (χ1v) is 12.2. The van der Waals surface area contributed by atoms with Crippen molar-refractivity contribution in [2.75, 3.05) is 24.2 Å². The van der Waals surface area contributed by atoms with E-state index >= 15 is 0 Å². The number of anilines is 1. The molecule has 0 saturated heterocycles. The summed E-state index contributed by atoms with van der Waals surface area (Å²) < 4.78 is 31.6. The highest BCUT2D eigenvalue weighted by Crippen LogP contribution is 2.24. The summed E-state index contributed by atoms with van der Waals surface area (Å²) in [4.78, 5) is 14.0. The van der Waals surface area contributed by atoms with Crippen molar-refractivity contribution in [1.29, 1.82) is 0 Å². The van der Waals surface area contributed by atoms with Crippen LogP contribution in [0.25, 0.3) is 0 Å². The SMILES string of the molecule is CN(Cc1ccccc1)C(=O)COc1ccc(N(Cc2ccc(Cl)cc2)S(C)(=O)=O)cc1. The molecule has 168 valence electrons. The molecule has 0 aliphatic heterocycles. The highest BCUT2D eigenvalue weighted by molar-refractivity contribution is 7.92. The number of amides is 1. The van der Waals surface area contributed by atoms with Gasteiger partial charge < -0.3 is 9.64 Å². The smallest absolute Gasteiger partial charge is 0.260 e. The van der Waals surface area contributed by atoms with Crippen molar-refractivity contribution in [3.63, 3.8) is 0 Å². The maximum absolute atomic E-state index is 12.4. The van der Waals surface area contributed by atoms with E-state index in [1.165, 1.54) is 4.31 Å². The van der Waals surface area contributed by atoms with Gasteiger partial charge in [-0.3, -0.25) is 9.10 Å². The second kappa shape index (κ2) is 10.5. The Morgan fingerprint density at radius 3 is 2.06 bits per heavy atom. The molecule has 1 amide bonds. The number of hydrogen-bond donors (Lipinski definition) is 0. The number of sulfonamides is 1. The van der Waals surface area contributed by atoms with E-state index in [1.807, 2.05) is 30.3 Å². The second-order valence-electron chi connectivity index (χ2n) is 7.41. The van der Waals surface area contributed by atoms with Crippen LogP contribution >= 0.6 is 11.6 Å². The highest BCUT2D eigenvalue weighted by Gasteiger charge is 2.18. The first kappa shape index (κ1) is 23.6. The summed E-state index contributed by atoms with van der Waals surface area (Å²) in [5.41, 5.74) is 2.35. The van der Waals surface area contributed by atoms with Gasteiger partial charge in [-0.25, -0.2) is 8.42 Å². The number of rotatable bonds is 9. The molecule has 8 heteroatoms. The molecule has 0 unspecified atom stereocenters. The molecule has 32 heavy (non-hydrogen) atoms. The fourth-order valence-corrected chi connectivity index (χ4v) is 4.08. The molecule has 0 saturated carbocycles. The van der Waals surface area contributed by atoms with Crippen molar-refractivity contribution in [3.05, 3.63) is 95.0 Å². The lowest BCUT2D eigenvalue weighted by molar-refractivity contribution is -0.132. The molecule has 0 aliphatic rings.